The maximum absolute atomic E-state index is 10.4. The third-order valence-electron chi connectivity index (χ3n) is 4.23. The number of hydrogen-bond donors (Lipinski definition) is 3. The van der Waals surface area contributed by atoms with Gasteiger partial charge in [0.1, 0.15) is 5.75 Å². The first-order chi connectivity index (χ1) is 9.47. The van der Waals surface area contributed by atoms with Crippen LogP contribution in [0.1, 0.15) is 31.0 Å². The van der Waals surface area contributed by atoms with Gasteiger partial charge in [-0.05, 0) is 12.5 Å². The van der Waals surface area contributed by atoms with Crippen molar-refractivity contribution >= 4 is 12.4 Å². The Balaban J connectivity index is 0.00000220. The summed E-state index contributed by atoms with van der Waals surface area (Å²) >= 11 is 0. The lowest BCUT2D eigenvalue weighted by atomic mass is 9.79. The maximum Gasteiger partial charge on any atom is 0.123 e. The van der Waals surface area contributed by atoms with Crippen molar-refractivity contribution in [1.29, 1.82) is 0 Å². The molecular weight excluding hydrogens is 288 g/mol. The zero-order chi connectivity index (χ0) is 14.8. The van der Waals surface area contributed by atoms with Gasteiger partial charge in [0.2, 0.25) is 0 Å². The van der Waals surface area contributed by atoms with Crippen LogP contribution < -0.4 is 5.32 Å². The first-order valence-electron chi connectivity index (χ1n) is 7.31. The minimum Gasteiger partial charge on any atom is -0.507 e. The zero-order valence-corrected chi connectivity index (χ0v) is 13.9. The van der Waals surface area contributed by atoms with Crippen LogP contribution in [0.2, 0.25) is 0 Å². The predicted molar refractivity (Wildman–Crippen MR) is 88.1 cm³/mol. The molecule has 0 radical (unpaired) electrons. The number of aliphatic hydroxyl groups is 1. The summed E-state index contributed by atoms with van der Waals surface area (Å²) < 4.78 is 0. The molecule has 120 valence electrons. The summed E-state index contributed by atoms with van der Waals surface area (Å²) in [6.07, 6.45) is 0. The Morgan fingerprint density at radius 3 is 2.48 bits per heavy atom. The Kier molecular flexibility index (Phi) is 6.47. The lowest BCUT2D eigenvalue weighted by Gasteiger charge is -2.43. The molecule has 0 aliphatic carbocycles. The summed E-state index contributed by atoms with van der Waals surface area (Å²) in [5.74, 6) is 0.359. The van der Waals surface area contributed by atoms with E-state index < -0.39 is 0 Å². The van der Waals surface area contributed by atoms with E-state index in [4.69, 9.17) is 0 Å². The molecule has 0 spiro atoms. The van der Waals surface area contributed by atoms with Crippen LogP contribution in [-0.2, 0) is 0 Å². The van der Waals surface area contributed by atoms with Crippen molar-refractivity contribution in [3.05, 3.63) is 29.3 Å². The zero-order valence-electron chi connectivity index (χ0n) is 13.1. The van der Waals surface area contributed by atoms with Gasteiger partial charge >= 0.3 is 0 Å². The standard InChI is InChI=1S/C16H26N2O2.ClH/c1-12-5-4-6-13(14(12)20)15(16(2,3)11-19)18-9-7-17-8-10-18;/h4-6,15,17,19-20H,7-11H2,1-3H3;1H/t15-;/m0./s1. The van der Waals surface area contributed by atoms with E-state index in [0.29, 0.717) is 5.75 Å². The van der Waals surface area contributed by atoms with Crippen LogP contribution in [0.25, 0.3) is 0 Å². The van der Waals surface area contributed by atoms with Crippen molar-refractivity contribution in [2.45, 2.75) is 26.8 Å². The smallest absolute Gasteiger partial charge is 0.123 e. The number of aliphatic hydroxyl groups excluding tert-OH is 1. The molecule has 1 aliphatic rings. The topological polar surface area (TPSA) is 55.7 Å². The summed E-state index contributed by atoms with van der Waals surface area (Å²) in [6, 6.07) is 5.90. The van der Waals surface area contributed by atoms with Crippen molar-refractivity contribution in [1.82, 2.24) is 10.2 Å². The third kappa shape index (κ3) is 3.89. The molecular formula is C16H27ClN2O2. The molecule has 1 fully saturated rings. The van der Waals surface area contributed by atoms with Gasteiger partial charge in [-0.3, -0.25) is 4.90 Å². The van der Waals surface area contributed by atoms with E-state index in [0.717, 1.165) is 37.3 Å². The largest absolute Gasteiger partial charge is 0.507 e. The quantitative estimate of drug-likeness (QED) is 0.796. The van der Waals surface area contributed by atoms with Gasteiger partial charge in [0, 0.05) is 49.8 Å². The molecule has 3 N–H and O–H groups in total. The number of halogens is 1. The second-order valence-corrected chi connectivity index (χ2v) is 6.35. The van der Waals surface area contributed by atoms with Crippen molar-refractivity contribution in [2.75, 3.05) is 32.8 Å². The van der Waals surface area contributed by atoms with E-state index in [1.54, 1.807) is 0 Å². The first-order valence-corrected chi connectivity index (χ1v) is 7.31. The van der Waals surface area contributed by atoms with Gasteiger partial charge in [0.25, 0.3) is 0 Å². The van der Waals surface area contributed by atoms with Crippen LogP contribution >= 0.6 is 12.4 Å². The Bertz CT molecular complexity index is 460. The molecule has 0 unspecified atom stereocenters. The Hall–Kier alpha value is -0.810. The average Bonchev–Trinajstić information content (AvgIpc) is 2.45. The highest BCUT2D eigenvalue weighted by Gasteiger charge is 2.37. The van der Waals surface area contributed by atoms with Gasteiger partial charge in [-0.1, -0.05) is 32.0 Å². The molecule has 0 saturated carbocycles. The van der Waals surface area contributed by atoms with E-state index in [1.165, 1.54) is 0 Å². The third-order valence-corrected chi connectivity index (χ3v) is 4.23. The van der Waals surface area contributed by atoms with E-state index in [-0.39, 0.29) is 30.5 Å². The Labute approximate surface area is 133 Å². The number of benzene rings is 1. The lowest BCUT2D eigenvalue weighted by molar-refractivity contribution is 0.0292. The van der Waals surface area contributed by atoms with Crippen LogP contribution in [0.3, 0.4) is 0 Å². The van der Waals surface area contributed by atoms with E-state index in [1.807, 2.05) is 25.1 Å². The minimum atomic E-state index is -0.303. The van der Waals surface area contributed by atoms with Crippen molar-refractivity contribution in [3.63, 3.8) is 0 Å². The number of piperazine rings is 1. The number of phenolic OH excluding ortho intramolecular Hbond substituents is 1. The highest BCUT2D eigenvalue weighted by atomic mass is 35.5. The van der Waals surface area contributed by atoms with Crippen LogP contribution in [0.15, 0.2) is 18.2 Å². The molecule has 2 rings (SSSR count). The molecule has 4 nitrogen and oxygen atoms in total. The van der Waals surface area contributed by atoms with Crippen LogP contribution in [0.5, 0.6) is 5.75 Å². The number of hydrogen-bond acceptors (Lipinski definition) is 4. The molecule has 1 aromatic carbocycles. The summed E-state index contributed by atoms with van der Waals surface area (Å²) in [5, 5.41) is 23.6. The number of nitrogens with one attached hydrogen (secondary N) is 1. The Morgan fingerprint density at radius 2 is 1.90 bits per heavy atom. The highest BCUT2D eigenvalue weighted by molar-refractivity contribution is 5.85. The van der Waals surface area contributed by atoms with Gasteiger partial charge in [-0.15, -0.1) is 12.4 Å². The van der Waals surface area contributed by atoms with Gasteiger partial charge < -0.3 is 15.5 Å². The summed E-state index contributed by atoms with van der Waals surface area (Å²) in [5.41, 5.74) is 1.50. The normalized spacial score (nSPS) is 18.1. The minimum absolute atomic E-state index is 0. The van der Waals surface area contributed by atoms with E-state index >= 15 is 0 Å². The van der Waals surface area contributed by atoms with Gasteiger partial charge in [-0.2, -0.15) is 0 Å². The number of phenols is 1. The van der Waals surface area contributed by atoms with Gasteiger partial charge in [0.15, 0.2) is 0 Å². The van der Waals surface area contributed by atoms with Crippen molar-refractivity contribution < 1.29 is 10.2 Å². The number of para-hydroxylation sites is 1. The van der Waals surface area contributed by atoms with Crippen molar-refractivity contribution in [2.24, 2.45) is 5.41 Å². The summed E-state index contributed by atoms with van der Waals surface area (Å²) in [6.45, 7) is 9.88. The number of aryl methyl sites for hydroxylation is 1. The molecule has 0 bridgehead atoms. The van der Waals surface area contributed by atoms with Crippen LogP contribution in [0.4, 0.5) is 0 Å². The molecule has 5 heteroatoms. The maximum atomic E-state index is 10.4. The van der Waals surface area contributed by atoms with Gasteiger partial charge in [-0.25, -0.2) is 0 Å². The molecule has 1 aliphatic heterocycles. The molecule has 1 saturated heterocycles. The molecule has 1 aromatic rings. The fraction of sp³-hybridized carbons (Fsp3) is 0.625. The fourth-order valence-electron chi connectivity index (χ4n) is 3.04. The lowest BCUT2D eigenvalue weighted by Crippen LogP contribution is -2.49. The Morgan fingerprint density at radius 1 is 1.29 bits per heavy atom. The summed E-state index contributed by atoms with van der Waals surface area (Å²) in [7, 11) is 0. The first kappa shape index (κ1) is 18.2. The fourth-order valence-corrected chi connectivity index (χ4v) is 3.04. The summed E-state index contributed by atoms with van der Waals surface area (Å²) in [4.78, 5) is 2.36. The SMILES string of the molecule is Cc1cccc([C@H](N2CCNCC2)C(C)(C)CO)c1O.Cl. The predicted octanol–water partition coefficient (Wildman–Crippen LogP) is 2.09. The monoisotopic (exact) mass is 314 g/mol. The average molecular weight is 315 g/mol. The van der Waals surface area contributed by atoms with Gasteiger partial charge in [0.05, 0.1) is 0 Å². The number of aromatic hydroxyl groups is 1. The molecule has 0 aromatic heterocycles. The highest BCUT2D eigenvalue weighted by Crippen LogP contribution is 2.42. The second-order valence-electron chi connectivity index (χ2n) is 6.35. The van der Waals surface area contributed by atoms with Crippen molar-refractivity contribution in [3.8, 4) is 5.75 Å². The van der Waals surface area contributed by atoms with E-state index in [9.17, 15) is 10.2 Å². The molecule has 1 heterocycles. The number of rotatable bonds is 4. The molecule has 1 atom stereocenters. The number of nitrogens with zero attached hydrogens (tertiary/aromatic N) is 1. The van der Waals surface area contributed by atoms with Crippen LogP contribution in [0, 0.1) is 12.3 Å². The molecule has 21 heavy (non-hydrogen) atoms. The second kappa shape index (κ2) is 7.45. The molecule has 0 amide bonds. The van der Waals surface area contributed by atoms with Crippen LogP contribution in [-0.4, -0.2) is 47.9 Å². The van der Waals surface area contributed by atoms with E-state index in [2.05, 4.69) is 24.1 Å².